The van der Waals surface area contributed by atoms with Crippen LogP contribution in [-0.4, -0.2) is 45.3 Å². The highest BCUT2D eigenvalue weighted by atomic mass is 35.5. The molecule has 0 bridgehead atoms. The van der Waals surface area contributed by atoms with Crippen LogP contribution in [0.15, 0.2) is 12.4 Å². The second-order valence-electron chi connectivity index (χ2n) is 5.88. The lowest BCUT2D eigenvalue weighted by molar-refractivity contribution is -0.385. The first kappa shape index (κ1) is 20.1. The molecule has 9 heteroatoms. The van der Waals surface area contributed by atoms with Crippen LogP contribution in [0, 0.1) is 15.5 Å². The molecule has 2 N–H and O–H groups in total. The molecule has 1 saturated heterocycles. The molecule has 1 aromatic heterocycles. The van der Waals surface area contributed by atoms with Crippen LogP contribution in [-0.2, 0) is 6.54 Å². The molecule has 0 spiro atoms. The van der Waals surface area contributed by atoms with Crippen molar-refractivity contribution >= 4 is 30.5 Å². The summed E-state index contributed by atoms with van der Waals surface area (Å²) in [6.07, 6.45) is 3.75. The Hall–Kier alpha value is -0.890. The third-order valence-corrected chi connectivity index (χ3v) is 3.87. The summed E-state index contributed by atoms with van der Waals surface area (Å²) in [6.45, 7) is 7.81. The summed E-state index contributed by atoms with van der Waals surface area (Å²) in [5, 5.41) is 14.6. The average molecular weight is 340 g/mol. The second kappa shape index (κ2) is 7.93. The quantitative estimate of drug-likeness (QED) is 0.665. The highest BCUT2D eigenvalue weighted by molar-refractivity contribution is 5.85. The van der Waals surface area contributed by atoms with Crippen LogP contribution in [0.5, 0.6) is 0 Å². The van der Waals surface area contributed by atoms with Gasteiger partial charge in [-0.25, -0.2) is 0 Å². The normalized spacial score (nSPS) is 21.2. The Morgan fingerprint density at radius 2 is 2.14 bits per heavy atom. The van der Waals surface area contributed by atoms with Crippen molar-refractivity contribution in [3.05, 3.63) is 22.5 Å². The SMILES string of the molecule is CC1(C)CN(CCn2cc([N+](=O)[O-])cn2)CCC1N.Cl.Cl. The minimum absolute atomic E-state index is 0. The lowest BCUT2D eigenvalue weighted by Crippen LogP contribution is -2.52. The number of hydrogen-bond acceptors (Lipinski definition) is 5. The Morgan fingerprint density at radius 1 is 1.48 bits per heavy atom. The van der Waals surface area contributed by atoms with Crippen molar-refractivity contribution in [2.45, 2.75) is 32.9 Å². The maximum Gasteiger partial charge on any atom is 0.306 e. The van der Waals surface area contributed by atoms with Crippen molar-refractivity contribution in [1.82, 2.24) is 14.7 Å². The van der Waals surface area contributed by atoms with Crippen molar-refractivity contribution in [1.29, 1.82) is 0 Å². The second-order valence-corrected chi connectivity index (χ2v) is 5.88. The van der Waals surface area contributed by atoms with E-state index in [2.05, 4.69) is 23.8 Å². The van der Waals surface area contributed by atoms with Gasteiger partial charge < -0.3 is 10.6 Å². The predicted octanol–water partition coefficient (Wildman–Crippen LogP) is 1.69. The van der Waals surface area contributed by atoms with Crippen LogP contribution < -0.4 is 5.73 Å². The first-order valence-electron chi connectivity index (χ1n) is 6.53. The first-order valence-corrected chi connectivity index (χ1v) is 6.53. The fourth-order valence-corrected chi connectivity index (χ4v) is 2.49. The van der Waals surface area contributed by atoms with E-state index < -0.39 is 4.92 Å². The monoisotopic (exact) mass is 339 g/mol. The van der Waals surface area contributed by atoms with Gasteiger partial charge in [0, 0.05) is 19.1 Å². The third kappa shape index (κ3) is 5.10. The molecule has 2 rings (SSSR count). The topological polar surface area (TPSA) is 90.2 Å². The van der Waals surface area contributed by atoms with E-state index in [1.54, 1.807) is 4.68 Å². The molecule has 2 heterocycles. The molecule has 0 radical (unpaired) electrons. The van der Waals surface area contributed by atoms with E-state index in [1.165, 1.54) is 12.4 Å². The van der Waals surface area contributed by atoms with Gasteiger partial charge in [-0.3, -0.25) is 14.8 Å². The van der Waals surface area contributed by atoms with Crippen molar-refractivity contribution in [3.63, 3.8) is 0 Å². The highest BCUT2D eigenvalue weighted by Crippen LogP contribution is 2.27. The molecule has 0 aliphatic carbocycles. The van der Waals surface area contributed by atoms with Crippen molar-refractivity contribution in [3.8, 4) is 0 Å². The Morgan fingerprint density at radius 3 is 2.67 bits per heavy atom. The molecule has 1 fully saturated rings. The van der Waals surface area contributed by atoms with Crippen LogP contribution in [0.2, 0.25) is 0 Å². The Labute approximate surface area is 136 Å². The molecule has 0 aromatic carbocycles. The number of halogens is 2. The largest absolute Gasteiger partial charge is 0.327 e. The number of likely N-dealkylation sites (tertiary alicyclic amines) is 1. The van der Waals surface area contributed by atoms with Crippen LogP contribution in [0.4, 0.5) is 5.69 Å². The average Bonchev–Trinajstić information content (AvgIpc) is 2.79. The number of nitrogens with zero attached hydrogens (tertiary/aromatic N) is 4. The molecular formula is C12H23Cl2N5O2. The van der Waals surface area contributed by atoms with Gasteiger partial charge in [0.25, 0.3) is 0 Å². The van der Waals surface area contributed by atoms with Gasteiger partial charge in [-0.15, -0.1) is 24.8 Å². The van der Waals surface area contributed by atoms with E-state index in [4.69, 9.17) is 5.73 Å². The van der Waals surface area contributed by atoms with Gasteiger partial charge in [-0.05, 0) is 18.4 Å². The minimum Gasteiger partial charge on any atom is -0.327 e. The van der Waals surface area contributed by atoms with Crippen LogP contribution in [0.25, 0.3) is 0 Å². The summed E-state index contributed by atoms with van der Waals surface area (Å²) in [6, 6.07) is 0.245. The Balaban J connectivity index is 0.00000200. The molecular weight excluding hydrogens is 317 g/mol. The van der Waals surface area contributed by atoms with E-state index in [0.717, 1.165) is 26.1 Å². The summed E-state index contributed by atoms with van der Waals surface area (Å²) in [4.78, 5) is 12.5. The number of hydrogen-bond donors (Lipinski definition) is 1. The molecule has 1 aliphatic heterocycles. The van der Waals surface area contributed by atoms with E-state index >= 15 is 0 Å². The third-order valence-electron chi connectivity index (χ3n) is 3.87. The van der Waals surface area contributed by atoms with Crippen molar-refractivity contribution < 1.29 is 4.92 Å². The van der Waals surface area contributed by atoms with Crippen LogP contribution >= 0.6 is 24.8 Å². The molecule has 7 nitrogen and oxygen atoms in total. The van der Waals surface area contributed by atoms with Crippen LogP contribution in [0.1, 0.15) is 20.3 Å². The Bertz CT molecular complexity index is 466. The fraction of sp³-hybridized carbons (Fsp3) is 0.750. The van der Waals surface area contributed by atoms with Gasteiger partial charge in [0.15, 0.2) is 0 Å². The smallest absolute Gasteiger partial charge is 0.306 e. The minimum atomic E-state index is -0.424. The first-order chi connectivity index (χ1) is 8.88. The van der Waals surface area contributed by atoms with E-state index in [-0.39, 0.29) is 42.0 Å². The number of aromatic nitrogens is 2. The Kier molecular flexibility index (Phi) is 7.60. The molecule has 0 amide bonds. The zero-order valence-corrected chi connectivity index (χ0v) is 13.9. The van der Waals surface area contributed by atoms with Crippen molar-refractivity contribution in [2.24, 2.45) is 11.1 Å². The summed E-state index contributed by atoms with van der Waals surface area (Å²) >= 11 is 0. The zero-order valence-electron chi connectivity index (χ0n) is 12.3. The molecule has 1 unspecified atom stereocenters. The number of nitrogens with two attached hydrogens (primary N) is 1. The lowest BCUT2D eigenvalue weighted by Gasteiger charge is -2.42. The molecule has 1 aliphatic rings. The van der Waals surface area contributed by atoms with Gasteiger partial charge in [0.1, 0.15) is 12.4 Å². The van der Waals surface area contributed by atoms with Gasteiger partial charge >= 0.3 is 5.69 Å². The van der Waals surface area contributed by atoms with Gasteiger partial charge in [0.05, 0.1) is 11.5 Å². The summed E-state index contributed by atoms with van der Waals surface area (Å²) in [5.41, 5.74) is 6.26. The molecule has 1 atom stereocenters. The summed E-state index contributed by atoms with van der Waals surface area (Å²) in [7, 11) is 0. The molecule has 0 saturated carbocycles. The van der Waals surface area contributed by atoms with E-state index in [1.807, 2.05) is 0 Å². The maximum absolute atomic E-state index is 10.6. The number of nitro groups is 1. The summed E-state index contributed by atoms with van der Waals surface area (Å²) in [5.74, 6) is 0. The zero-order chi connectivity index (χ0) is 14.0. The van der Waals surface area contributed by atoms with E-state index in [0.29, 0.717) is 6.54 Å². The summed E-state index contributed by atoms with van der Waals surface area (Å²) < 4.78 is 1.62. The highest BCUT2D eigenvalue weighted by Gasteiger charge is 2.33. The lowest BCUT2D eigenvalue weighted by atomic mass is 9.80. The van der Waals surface area contributed by atoms with Gasteiger partial charge in [-0.1, -0.05) is 13.8 Å². The number of piperidine rings is 1. The number of rotatable bonds is 4. The van der Waals surface area contributed by atoms with E-state index in [9.17, 15) is 10.1 Å². The van der Waals surface area contributed by atoms with Gasteiger partial charge in [0.2, 0.25) is 0 Å². The molecule has 122 valence electrons. The predicted molar refractivity (Wildman–Crippen MR) is 86.2 cm³/mol. The van der Waals surface area contributed by atoms with Crippen molar-refractivity contribution in [2.75, 3.05) is 19.6 Å². The van der Waals surface area contributed by atoms with Crippen LogP contribution in [0.3, 0.4) is 0 Å². The van der Waals surface area contributed by atoms with Gasteiger partial charge in [-0.2, -0.15) is 5.10 Å². The molecule has 21 heavy (non-hydrogen) atoms. The maximum atomic E-state index is 10.6. The standard InChI is InChI=1S/C12H21N5O2.2ClH/c1-12(2)9-15(4-3-11(12)13)5-6-16-8-10(7-14-16)17(18)19;;/h7-8,11H,3-6,9,13H2,1-2H3;2*1H. The fourth-order valence-electron chi connectivity index (χ4n) is 2.49. The molecule has 1 aromatic rings.